The van der Waals surface area contributed by atoms with Crippen LogP contribution in [-0.2, 0) is 19.5 Å². The molecule has 2 heterocycles. The second-order valence-electron chi connectivity index (χ2n) is 4.62. The molecule has 0 bridgehead atoms. The molecule has 0 N–H and O–H groups in total. The Balaban J connectivity index is 2.16. The standard InChI is InChI=1S/C11H18N2O4S/c1-2-10(8-12)18(14,15)13-5-3-4-11(9-13)16-6-7-17-11/h10H,2-7,9H2,1H3. The number of nitrogens with zero attached hydrogens (tertiary/aromatic N) is 2. The summed E-state index contributed by atoms with van der Waals surface area (Å²) in [6.45, 7) is 3.35. The summed E-state index contributed by atoms with van der Waals surface area (Å²) in [6, 6.07) is 1.86. The normalized spacial score (nSPS) is 26.0. The Morgan fingerprint density at radius 2 is 2.11 bits per heavy atom. The van der Waals surface area contributed by atoms with Gasteiger partial charge in [0, 0.05) is 13.0 Å². The lowest BCUT2D eigenvalue weighted by Gasteiger charge is -2.38. The molecule has 0 radical (unpaired) electrons. The highest BCUT2D eigenvalue weighted by molar-refractivity contribution is 7.90. The van der Waals surface area contributed by atoms with E-state index in [1.807, 2.05) is 6.07 Å². The van der Waals surface area contributed by atoms with Crippen molar-refractivity contribution in [3.05, 3.63) is 0 Å². The van der Waals surface area contributed by atoms with Gasteiger partial charge in [-0.2, -0.15) is 9.57 Å². The highest BCUT2D eigenvalue weighted by Crippen LogP contribution is 2.32. The third-order valence-electron chi connectivity index (χ3n) is 3.43. The van der Waals surface area contributed by atoms with E-state index in [-0.39, 0.29) is 6.54 Å². The Hall–Kier alpha value is -0.680. The van der Waals surface area contributed by atoms with Gasteiger partial charge in [0.15, 0.2) is 11.0 Å². The van der Waals surface area contributed by atoms with Crippen LogP contribution in [0.15, 0.2) is 0 Å². The van der Waals surface area contributed by atoms with E-state index in [4.69, 9.17) is 14.7 Å². The van der Waals surface area contributed by atoms with Gasteiger partial charge in [-0.15, -0.1) is 0 Å². The molecule has 0 aromatic rings. The number of rotatable bonds is 3. The first-order valence-corrected chi connectivity index (χ1v) is 7.71. The molecule has 0 saturated carbocycles. The van der Waals surface area contributed by atoms with E-state index in [0.717, 1.165) is 0 Å². The van der Waals surface area contributed by atoms with Crippen LogP contribution in [0.4, 0.5) is 0 Å². The van der Waals surface area contributed by atoms with Gasteiger partial charge in [0.25, 0.3) is 0 Å². The molecule has 0 aromatic heterocycles. The van der Waals surface area contributed by atoms with Crippen molar-refractivity contribution < 1.29 is 17.9 Å². The molecule has 7 heteroatoms. The molecule has 2 fully saturated rings. The second kappa shape index (κ2) is 5.13. The summed E-state index contributed by atoms with van der Waals surface area (Å²) in [7, 11) is -3.58. The van der Waals surface area contributed by atoms with Gasteiger partial charge in [-0.05, 0) is 12.8 Å². The molecule has 1 unspecified atom stereocenters. The molecule has 6 nitrogen and oxygen atoms in total. The molecule has 1 atom stereocenters. The summed E-state index contributed by atoms with van der Waals surface area (Å²) >= 11 is 0. The highest BCUT2D eigenvalue weighted by Gasteiger charge is 2.45. The zero-order valence-electron chi connectivity index (χ0n) is 10.5. The SMILES string of the molecule is CCC(C#N)S(=O)(=O)N1CCCC2(C1)OCCO2. The minimum absolute atomic E-state index is 0.202. The van der Waals surface area contributed by atoms with E-state index in [2.05, 4.69) is 0 Å². The number of hydrogen-bond acceptors (Lipinski definition) is 5. The van der Waals surface area contributed by atoms with E-state index < -0.39 is 21.1 Å². The molecule has 2 aliphatic rings. The van der Waals surface area contributed by atoms with Gasteiger partial charge in [-0.1, -0.05) is 6.92 Å². The molecule has 2 saturated heterocycles. The first-order chi connectivity index (χ1) is 8.54. The number of sulfonamides is 1. The first kappa shape index (κ1) is 13.7. The zero-order valence-corrected chi connectivity index (χ0v) is 11.3. The molecule has 102 valence electrons. The van der Waals surface area contributed by atoms with E-state index in [1.54, 1.807) is 6.92 Å². The van der Waals surface area contributed by atoms with Gasteiger partial charge >= 0.3 is 0 Å². The Morgan fingerprint density at radius 1 is 1.44 bits per heavy atom. The summed E-state index contributed by atoms with van der Waals surface area (Å²) in [5.74, 6) is -0.779. The average molecular weight is 274 g/mol. The number of nitriles is 1. The van der Waals surface area contributed by atoms with E-state index >= 15 is 0 Å². The molecule has 0 amide bonds. The Morgan fingerprint density at radius 3 is 2.67 bits per heavy atom. The van der Waals surface area contributed by atoms with Crippen LogP contribution < -0.4 is 0 Å². The maximum Gasteiger partial charge on any atom is 0.230 e. The lowest BCUT2D eigenvalue weighted by atomic mass is 10.1. The molecule has 0 aromatic carbocycles. The van der Waals surface area contributed by atoms with Gasteiger partial charge in [-0.25, -0.2) is 8.42 Å². The predicted octanol–water partition coefficient (Wildman–Crippen LogP) is 0.457. The van der Waals surface area contributed by atoms with Crippen LogP contribution >= 0.6 is 0 Å². The highest BCUT2D eigenvalue weighted by atomic mass is 32.2. The lowest BCUT2D eigenvalue weighted by molar-refractivity contribution is -0.179. The van der Waals surface area contributed by atoms with Crippen molar-refractivity contribution in [1.82, 2.24) is 4.31 Å². The third-order valence-corrected chi connectivity index (χ3v) is 5.62. The topological polar surface area (TPSA) is 79.6 Å². The Kier molecular flexibility index (Phi) is 3.92. The molecule has 1 spiro atoms. The van der Waals surface area contributed by atoms with Crippen molar-refractivity contribution in [3.63, 3.8) is 0 Å². The van der Waals surface area contributed by atoms with E-state index in [9.17, 15) is 8.42 Å². The quantitative estimate of drug-likeness (QED) is 0.747. The van der Waals surface area contributed by atoms with Crippen LogP contribution in [0, 0.1) is 11.3 Å². The average Bonchev–Trinajstić information content (AvgIpc) is 2.78. The summed E-state index contributed by atoms with van der Waals surface area (Å²) in [4.78, 5) is 0. The monoisotopic (exact) mass is 274 g/mol. The number of piperidine rings is 1. The van der Waals surface area contributed by atoms with Crippen molar-refractivity contribution in [2.24, 2.45) is 0 Å². The van der Waals surface area contributed by atoms with Gasteiger partial charge in [0.1, 0.15) is 0 Å². The largest absolute Gasteiger partial charge is 0.346 e. The third kappa shape index (κ3) is 2.38. The zero-order chi connectivity index (χ0) is 13.2. The van der Waals surface area contributed by atoms with Crippen molar-refractivity contribution in [2.75, 3.05) is 26.3 Å². The number of hydrogen-bond donors (Lipinski definition) is 0. The van der Waals surface area contributed by atoms with Crippen LogP contribution in [0.3, 0.4) is 0 Å². The minimum Gasteiger partial charge on any atom is -0.346 e. The van der Waals surface area contributed by atoms with Gasteiger partial charge < -0.3 is 9.47 Å². The van der Waals surface area contributed by atoms with E-state index in [0.29, 0.717) is 39.0 Å². The molecule has 0 aliphatic carbocycles. The summed E-state index contributed by atoms with van der Waals surface area (Å²) < 4.78 is 37.0. The maximum atomic E-state index is 12.3. The molecule has 2 aliphatic heterocycles. The second-order valence-corrected chi connectivity index (χ2v) is 6.73. The maximum absolute atomic E-state index is 12.3. The fourth-order valence-electron chi connectivity index (χ4n) is 2.45. The summed E-state index contributed by atoms with van der Waals surface area (Å²) in [6.07, 6.45) is 1.70. The van der Waals surface area contributed by atoms with Crippen LogP contribution in [0.5, 0.6) is 0 Å². The molecular weight excluding hydrogens is 256 g/mol. The van der Waals surface area contributed by atoms with Gasteiger partial charge in [0.05, 0.1) is 25.8 Å². The van der Waals surface area contributed by atoms with Crippen LogP contribution in [0.25, 0.3) is 0 Å². The van der Waals surface area contributed by atoms with Gasteiger partial charge in [0.2, 0.25) is 10.0 Å². The van der Waals surface area contributed by atoms with Crippen molar-refractivity contribution >= 4 is 10.0 Å². The minimum atomic E-state index is -3.58. The fraction of sp³-hybridized carbons (Fsp3) is 0.909. The predicted molar refractivity (Wildman–Crippen MR) is 64.1 cm³/mol. The first-order valence-electron chi connectivity index (χ1n) is 6.20. The van der Waals surface area contributed by atoms with Crippen LogP contribution in [0.2, 0.25) is 0 Å². The smallest absolute Gasteiger partial charge is 0.230 e. The summed E-state index contributed by atoms with van der Waals surface area (Å²) in [5, 5.41) is 7.95. The van der Waals surface area contributed by atoms with E-state index in [1.165, 1.54) is 4.31 Å². The van der Waals surface area contributed by atoms with Crippen molar-refractivity contribution in [2.45, 2.75) is 37.2 Å². The van der Waals surface area contributed by atoms with Crippen molar-refractivity contribution in [1.29, 1.82) is 5.26 Å². The van der Waals surface area contributed by atoms with Crippen LogP contribution in [-0.4, -0.2) is 50.1 Å². The Bertz CT molecular complexity index is 436. The lowest BCUT2D eigenvalue weighted by Crippen LogP contribution is -2.52. The fourth-order valence-corrected chi connectivity index (χ4v) is 4.12. The molecule has 2 rings (SSSR count). The van der Waals surface area contributed by atoms with Crippen molar-refractivity contribution in [3.8, 4) is 6.07 Å². The van der Waals surface area contributed by atoms with Crippen LogP contribution in [0.1, 0.15) is 26.2 Å². The Labute approximate surface area is 108 Å². The van der Waals surface area contributed by atoms with Gasteiger partial charge in [-0.3, -0.25) is 0 Å². The summed E-state index contributed by atoms with van der Waals surface area (Å²) in [5.41, 5.74) is 0. The molecule has 18 heavy (non-hydrogen) atoms. The molecular formula is C11H18N2O4S. The number of ether oxygens (including phenoxy) is 2.